The third-order valence-electron chi connectivity index (χ3n) is 5.00. The SMILES string of the molecule is Cc1ccc([C@H](CC(=O)Nc2ccccn2)N2Cc3ccccc3C2=O)cc1. The number of amides is 2. The van der Waals surface area contributed by atoms with Crippen molar-refractivity contribution in [1.82, 2.24) is 9.88 Å². The summed E-state index contributed by atoms with van der Waals surface area (Å²) in [6.07, 6.45) is 1.80. The molecule has 0 saturated carbocycles. The van der Waals surface area contributed by atoms with Crippen LogP contribution in [0.25, 0.3) is 0 Å². The van der Waals surface area contributed by atoms with Gasteiger partial charge in [-0.3, -0.25) is 9.59 Å². The van der Waals surface area contributed by atoms with Crippen molar-refractivity contribution in [2.24, 2.45) is 0 Å². The molecule has 0 bridgehead atoms. The number of carbonyl (C=O) groups is 2. The molecule has 5 heteroatoms. The first-order valence-corrected chi connectivity index (χ1v) is 9.28. The summed E-state index contributed by atoms with van der Waals surface area (Å²) in [6.45, 7) is 2.52. The highest BCUT2D eigenvalue weighted by Crippen LogP contribution is 2.33. The van der Waals surface area contributed by atoms with Crippen LogP contribution in [0.5, 0.6) is 0 Å². The number of nitrogens with zero attached hydrogens (tertiary/aromatic N) is 2. The number of rotatable bonds is 5. The van der Waals surface area contributed by atoms with Gasteiger partial charge in [-0.25, -0.2) is 4.98 Å². The first-order chi connectivity index (χ1) is 13.6. The van der Waals surface area contributed by atoms with Gasteiger partial charge >= 0.3 is 0 Å². The molecule has 0 radical (unpaired) electrons. The van der Waals surface area contributed by atoms with Crippen molar-refractivity contribution in [3.8, 4) is 0 Å². The molecule has 2 aromatic carbocycles. The van der Waals surface area contributed by atoms with E-state index in [1.165, 1.54) is 0 Å². The van der Waals surface area contributed by atoms with Crippen molar-refractivity contribution in [2.45, 2.75) is 25.9 Å². The Bertz CT molecular complexity index is 1000. The summed E-state index contributed by atoms with van der Waals surface area (Å²) in [4.78, 5) is 31.6. The molecule has 3 aromatic rings. The molecule has 0 aliphatic carbocycles. The summed E-state index contributed by atoms with van der Waals surface area (Å²) >= 11 is 0. The van der Waals surface area contributed by atoms with E-state index in [0.717, 1.165) is 16.7 Å². The lowest BCUT2D eigenvalue weighted by Gasteiger charge is -2.28. The Morgan fingerprint density at radius 2 is 1.82 bits per heavy atom. The molecule has 4 rings (SSSR count). The Labute approximate surface area is 164 Å². The van der Waals surface area contributed by atoms with Gasteiger partial charge in [0.15, 0.2) is 0 Å². The Balaban J connectivity index is 1.61. The van der Waals surface area contributed by atoms with Crippen molar-refractivity contribution >= 4 is 17.6 Å². The molecule has 1 aliphatic rings. The van der Waals surface area contributed by atoms with Crippen LogP contribution in [0.3, 0.4) is 0 Å². The lowest BCUT2D eigenvalue weighted by Crippen LogP contribution is -2.32. The quantitative estimate of drug-likeness (QED) is 0.734. The predicted octanol–water partition coefficient (Wildman–Crippen LogP) is 4.12. The number of nitrogens with one attached hydrogen (secondary N) is 1. The predicted molar refractivity (Wildman–Crippen MR) is 108 cm³/mol. The highest BCUT2D eigenvalue weighted by Gasteiger charge is 2.34. The number of hydrogen-bond donors (Lipinski definition) is 1. The summed E-state index contributed by atoms with van der Waals surface area (Å²) in [5.41, 5.74) is 3.79. The number of aryl methyl sites for hydroxylation is 1. The summed E-state index contributed by atoms with van der Waals surface area (Å²) in [5, 5.41) is 2.82. The van der Waals surface area contributed by atoms with Crippen molar-refractivity contribution < 1.29 is 9.59 Å². The highest BCUT2D eigenvalue weighted by molar-refractivity contribution is 5.99. The molecule has 0 spiro atoms. The average Bonchev–Trinajstić information content (AvgIpc) is 3.04. The van der Waals surface area contributed by atoms with Crippen molar-refractivity contribution in [3.63, 3.8) is 0 Å². The summed E-state index contributed by atoms with van der Waals surface area (Å²) < 4.78 is 0. The van der Waals surface area contributed by atoms with Gasteiger partial charge in [-0.1, -0.05) is 54.1 Å². The second-order valence-electron chi connectivity index (χ2n) is 6.98. The molecule has 140 valence electrons. The molecular weight excluding hydrogens is 350 g/mol. The summed E-state index contributed by atoms with van der Waals surface area (Å²) in [5.74, 6) is 0.297. The zero-order valence-corrected chi connectivity index (χ0v) is 15.6. The van der Waals surface area contributed by atoms with Crippen LogP contribution in [0.15, 0.2) is 72.9 Å². The van der Waals surface area contributed by atoms with E-state index >= 15 is 0 Å². The summed E-state index contributed by atoms with van der Waals surface area (Å²) in [6, 6.07) is 20.6. The number of pyridine rings is 1. The second kappa shape index (κ2) is 7.64. The zero-order valence-electron chi connectivity index (χ0n) is 15.6. The van der Waals surface area contributed by atoms with Crippen LogP contribution in [0.4, 0.5) is 5.82 Å². The zero-order chi connectivity index (χ0) is 19.5. The number of fused-ring (bicyclic) bond motifs is 1. The second-order valence-corrected chi connectivity index (χ2v) is 6.98. The van der Waals surface area contributed by atoms with Crippen LogP contribution in [0.2, 0.25) is 0 Å². The maximum Gasteiger partial charge on any atom is 0.255 e. The number of carbonyl (C=O) groups excluding carboxylic acids is 2. The van der Waals surface area contributed by atoms with E-state index in [1.54, 1.807) is 23.2 Å². The molecule has 1 aliphatic heterocycles. The number of aromatic nitrogens is 1. The minimum atomic E-state index is -0.343. The molecule has 2 heterocycles. The lowest BCUT2D eigenvalue weighted by molar-refractivity contribution is -0.117. The fraction of sp³-hybridized carbons (Fsp3) is 0.174. The van der Waals surface area contributed by atoms with Gasteiger partial charge in [-0.05, 0) is 36.2 Å². The maximum absolute atomic E-state index is 13.0. The molecule has 0 fully saturated rings. The molecule has 1 N–H and O–H groups in total. The van der Waals surface area contributed by atoms with Crippen molar-refractivity contribution in [3.05, 3.63) is 95.2 Å². The van der Waals surface area contributed by atoms with Gasteiger partial charge in [-0.2, -0.15) is 0 Å². The largest absolute Gasteiger partial charge is 0.327 e. The van der Waals surface area contributed by atoms with Crippen LogP contribution >= 0.6 is 0 Å². The topological polar surface area (TPSA) is 62.3 Å². The Kier molecular flexibility index (Phi) is 4.89. The summed E-state index contributed by atoms with van der Waals surface area (Å²) in [7, 11) is 0. The monoisotopic (exact) mass is 371 g/mol. The number of benzene rings is 2. The molecule has 0 unspecified atom stereocenters. The Morgan fingerprint density at radius 3 is 2.54 bits per heavy atom. The van der Waals surface area contributed by atoms with Gasteiger partial charge in [0.05, 0.1) is 12.5 Å². The fourth-order valence-electron chi connectivity index (χ4n) is 3.53. The van der Waals surface area contributed by atoms with Crippen molar-refractivity contribution in [1.29, 1.82) is 0 Å². The van der Waals surface area contributed by atoms with E-state index in [-0.39, 0.29) is 24.3 Å². The van der Waals surface area contributed by atoms with Gasteiger partial charge in [0.25, 0.3) is 5.91 Å². The van der Waals surface area contributed by atoms with E-state index < -0.39 is 0 Å². The van der Waals surface area contributed by atoms with E-state index in [4.69, 9.17) is 0 Å². The minimum absolute atomic E-state index is 0.0354. The van der Waals surface area contributed by atoms with E-state index in [0.29, 0.717) is 17.9 Å². The first-order valence-electron chi connectivity index (χ1n) is 9.28. The third kappa shape index (κ3) is 3.64. The fourth-order valence-corrected chi connectivity index (χ4v) is 3.53. The normalized spacial score (nSPS) is 13.9. The van der Waals surface area contributed by atoms with Crippen LogP contribution in [-0.4, -0.2) is 21.7 Å². The van der Waals surface area contributed by atoms with Gasteiger partial charge in [0.1, 0.15) is 5.82 Å². The number of hydrogen-bond acceptors (Lipinski definition) is 3. The van der Waals surface area contributed by atoms with Gasteiger partial charge < -0.3 is 10.2 Å². The van der Waals surface area contributed by atoms with E-state index in [2.05, 4.69) is 10.3 Å². The highest BCUT2D eigenvalue weighted by atomic mass is 16.2. The van der Waals surface area contributed by atoms with Crippen molar-refractivity contribution in [2.75, 3.05) is 5.32 Å². The van der Waals surface area contributed by atoms with Gasteiger partial charge in [0, 0.05) is 18.3 Å². The Morgan fingerprint density at radius 1 is 1.07 bits per heavy atom. The lowest BCUT2D eigenvalue weighted by atomic mass is 10.00. The van der Waals surface area contributed by atoms with Gasteiger partial charge in [-0.15, -0.1) is 0 Å². The Hall–Kier alpha value is -3.47. The first kappa shape index (κ1) is 17.9. The number of anilines is 1. The molecular formula is C23H21N3O2. The molecule has 5 nitrogen and oxygen atoms in total. The molecule has 1 atom stereocenters. The maximum atomic E-state index is 13.0. The third-order valence-corrected chi connectivity index (χ3v) is 5.00. The van der Waals surface area contributed by atoms with Crippen LogP contribution in [-0.2, 0) is 11.3 Å². The van der Waals surface area contributed by atoms with Crippen LogP contribution in [0, 0.1) is 6.92 Å². The standard InChI is InChI=1S/C23H21N3O2/c1-16-9-11-17(12-10-16)20(14-22(27)25-21-8-4-5-13-24-21)26-15-18-6-2-3-7-19(18)23(26)28/h2-13,20H,14-15H2,1H3,(H,24,25,27)/t20-/m0/s1. The minimum Gasteiger partial charge on any atom is -0.327 e. The molecule has 28 heavy (non-hydrogen) atoms. The van der Waals surface area contributed by atoms with Crippen LogP contribution < -0.4 is 5.32 Å². The average molecular weight is 371 g/mol. The molecule has 2 amide bonds. The van der Waals surface area contributed by atoms with Crippen LogP contribution in [0.1, 0.15) is 39.5 Å². The van der Waals surface area contributed by atoms with E-state index in [1.807, 2.05) is 61.5 Å². The van der Waals surface area contributed by atoms with E-state index in [9.17, 15) is 9.59 Å². The molecule has 1 aromatic heterocycles. The van der Waals surface area contributed by atoms with Gasteiger partial charge in [0.2, 0.25) is 5.91 Å². The smallest absolute Gasteiger partial charge is 0.255 e. The molecule has 0 saturated heterocycles.